The highest BCUT2D eigenvalue weighted by molar-refractivity contribution is 5.85. The van der Waals surface area contributed by atoms with Crippen molar-refractivity contribution < 1.29 is 9.53 Å². The largest absolute Gasteiger partial charge is 0.363 e. The number of rotatable bonds is 1. The monoisotopic (exact) mass is 241 g/mol. The molecule has 2 heterocycles. The summed E-state index contributed by atoms with van der Waals surface area (Å²) in [6.45, 7) is 7.68. The van der Waals surface area contributed by atoms with Gasteiger partial charge in [-0.2, -0.15) is 0 Å². The van der Waals surface area contributed by atoms with E-state index in [1.807, 2.05) is 18.9 Å². The Morgan fingerprint density at radius 3 is 2.88 bits per heavy atom. The lowest BCUT2D eigenvalue weighted by Gasteiger charge is -2.40. The molecule has 1 N–H and O–H groups in total. The second-order valence-corrected chi connectivity index (χ2v) is 5.21. The van der Waals surface area contributed by atoms with Gasteiger partial charge in [0.2, 0.25) is 0 Å². The van der Waals surface area contributed by atoms with Crippen molar-refractivity contribution >= 4 is 5.91 Å². The maximum absolute atomic E-state index is 12.5. The molecule has 2 aliphatic heterocycles. The van der Waals surface area contributed by atoms with E-state index >= 15 is 0 Å². The molecule has 0 saturated carbocycles. The van der Waals surface area contributed by atoms with Gasteiger partial charge < -0.3 is 19.9 Å². The highest BCUT2D eigenvalue weighted by atomic mass is 16.5. The summed E-state index contributed by atoms with van der Waals surface area (Å²) in [5.41, 5.74) is -0.655. The predicted octanol–water partition coefficient (Wildman–Crippen LogP) is -0.471. The Labute approximate surface area is 103 Å². The van der Waals surface area contributed by atoms with Crippen LogP contribution in [-0.2, 0) is 9.53 Å². The van der Waals surface area contributed by atoms with Crippen LogP contribution < -0.4 is 5.32 Å². The van der Waals surface area contributed by atoms with Gasteiger partial charge in [-0.3, -0.25) is 4.79 Å². The summed E-state index contributed by atoms with van der Waals surface area (Å²) in [7, 11) is 2.04. The van der Waals surface area contributed by atoms with E-state index in [-0.39, 0.29) is 5.91 Å². The summed E-state index contributed by atoms with van der Waals surface area (Å²) in [4.78, 5) is 16.6. The van der Waals surface area contributed by atoms with Crippen molar-refractivity contribution in [2.24, 2.45) is 0 Å². The van der Waals surface area contributed by atoms with E-state index in [4.69, 9.17) is 4.74 Å². The van der Waals surface area contributed by atoms with Crippen LogP contribution in [-0.4, -0.2) is 74.2 Å². The molecule has 0 spiro atoms. The van der Waals surface area contributed by atoms with Gasteiger partial charge in [-0.05, 0) is 26.9 Å². The first-order valence-corrected chi connectivity index (χ1v) is 6.44. The molecule has 0 unspecified atom stereocenters. The van der Waals surface area contributed by atoms with E-state index < -0.39 is 5.60 Å². The lowest BCUT2D eigenvalue weighted by molar-refractivity contribution is -0.166. The van der Waals surface area contributed by atoms with Gasteiger partial charge >= 0.3 is 0 Å². The normalized spacial score (nSPS) is 32.2. The maximum atomic E-state index is 12.5. The van der Waals surface area contributed by atoms with Crippen LogP contribution in [0.15, 0.2) is 0 Å². The molecule has 5 heteroatoms. The molecule has 2 aliphatic rings. The number of carbonyl (C=O) groups excluding carboxylic acids is 1. The Balaban J connectivity index is 2.01. The van der Waals surface area contributed by atoms with E-state index in [2.05, 4.69) is 10.2 Å². The van der Waals surface area contributed by atoms with Gasteiger partial charge in [0.15, 0.2) is 5.60 Å². The third kappa shape index (κ3) is 2.97. The number of ether oxygens (including phenoxy) is 1. The van der Waals surface area contributed by atoms with Gasteiger partial charge in [-0.1, -0.05) is 0 Å². The first-order chi connectivity index (χ1) is 8.12. The fraction of sp³-hybridized carbons (Fsp3) is 0.917. The standard InChI is InChI=1S/C12H23N3O2/c1-12(10-14(2)8-9-17-12)11(16)15-6-3-4-13-5-7-15/h13H,3-10H2,1-2H3/t12-/m0/s1. The molecule has 0 aromatic carbocycles. The second kappa shape index (κ2) is 5.33. The van der Waals surface area contributed by atoms with Crippen molar-refractivity contribution in [2.75, 3.05) is 52.9 Å². The molecule has 0 aromatic heterocycles. The number of hydrogen-bond acceptors (Lipinski definition) is 4. The SMILES string of the molecule is CN1CCO[C@](C)(C(=O)N2CCCNCC2)C1. The molecule has 0 radical (unpaired) electrons. The van der Waals surface area contributed by atoms with Crippen molar-refractivity contribution in [3.63, 3.8) is 0 Å². The van der Waals surface area contributed by atoms with Crippen LogP contribution in [0.1, 0.15) is 13.3 Å². The second-order valence-electron chi connectivity index (χ2n) is 5.21. The van der Waals surface area contributed by atoms with Crippen LogP contribution in [0.5, 0.6) is 0 Å². The number of hydrogen-bond donors (Lipinski definition) is 1. The smallest absolute Gasteiger partial charge is 0.255 e. The van der Waals surface area contributed by atoms with Crippen molar-refractivity contribution in [3.05, 3.63) is 0 Å². The highest BCUT2D eigenvalue weighted by Crippen LogP contribution is 2.20. The third-order valence-electron chi connectivity index (χ3n) is 3.54. The Morgan fingerprint density at radius 2 is 2.12 bits per heavy atom. The van der Waals surface area contributed by atoms with E-state index in [0.717, 1.165) is 39.1 Å². The minimum atomic E-state index is -0.655. The summed E-state index contributed by atoms with van der Waals surface area (Å²) in [6.07, 6.45) is 1.03. The predicted molar refractivity (Wildman–Crippen MR) is 65.9 cm³/mol. The molecular formula is C12H23N3O2. The van der Waals surface area contributed by atoms with E-state index in [1.165, 1.54) is 0 Å². The molecule has 1 atom stereocenters. The maximum Gasteiger partial charge on any atom is 0.255 e. The van der Waals surface area contributed by atoms with Crippen LogP contribution in [0.4, 0.5) is 0 Å². The van der Waals surface area contributed by atoms with Gasteiger partial charge in [0, 0.05) is 32.7 Å². The van der Waals surface area contributed by atoms with Crippen molar-refractivity contribution in [1.82, 2.24) is 15.1 Å². The van der Waals surface area contributed by atoms with Gasteiger partial charge in [0.1, 0.15) is 0 Å². The van der Waals surface area contributed by atoms with Crippen LogP contribution in [0.3, 0.4) is 0 Å². The number of likely N-dealkylation sites (N-methyl/N-ethyl adjacent to an activating group) is 1. The summed E-state index contributed by atoms with van der Waals surface area (Å²) in [5.74, 6) is 0.146. The number of amides is 1. The number of morpholine rings is 1. The van der Waals surface area contributed by atoms with Crippen molar-refractivity contribution in [3.8, 4) is 0 Å². The zero-order chi connectivity index (χ0) is 12.3. The first-order valence-electron chi connectivity index (χ1n) is 6.44. The fourth-order valence-corrected chi connectivity index (χ4v) is 2.58. The highest BCUT2D eigenvalue weighted by Gasteiger charge is 2.40. The molecule has 17 heavy (non-hydrogen) atoms. The van der Waals surface area contributed by atoms with Crippen LogP contribution >= 0.6 is 0 Å². The molecule has 5 nitrogen and oxygen atoms in total. The first kappa shape index (κ1) is 12.8. The molecule has 98 valence electrons. The number of carbonyl (C=O) groups is 1. The van der Waals surface area contributed by atoms with Crippen LogP contribution in [0.2, 0.25) is 0 Å². The lowest BCUT2D eigenvalue weighted by Crippen LogP contribution is -2.58. The molecule has 1 amide bonds. The van der Waals surface area contributed by atoms with E-state index in [9.17, 15) is 4.79 Å². The lowest BCUT2D eigenvalue weighted by atomic mass is 10.0. The topological polar surface area (TPSA) is 44.8 Å². The van der Waals surface area contributed by atoms with Crippen molar-refractivity contribution in [2.45, 2.75) is 18.9 Å². The molecule has 2 rings (SSSR count). The minimum absolute atomic E-state index is 0.146. The zero-order valence-electron chi connectivity index (χ0n) is 10.9. The quantitative estimate of drug-likeness (QED) is 0.674. The summed E-state index contributed by atoms with van der Waals surface area (Å²) in [5, 5.41) is 3.31. The molecule has 2 saturated heterocycles. The van der Waals surface area contributed by atoms with E-state index in [0.29, 0.717) is 13.2 Å². The molecule has 0 aliphatic carbocycles. The Morgan fingerprint density at radius 1 is 1.29 bits per heavy atom. The van der Waals surface area contributed by atoms with Gasteiger partial charge in [0.05, 0.1) is 6.61 Å². The third-order valence-corrected chi connectivity index (χ3v) is 3.54. The average molecular weight is 241 g/mol. The minimum Gasteiger partial charge on any atom is -0.363 e. The van der Waals surface area contributed by atoms with Gasteiger partial charge in [-0.25, -0.2) is 0 Å². The number of nitrogens with zero attached hydrogens (tertiary/aromatic N) is 2. The Bertz CT molecular complexity index is 277. The Kier molecular flexibility index (Phi) is 4.01. The summed E-state index contributed by atoms with van der Waals surface area (Å²) < 4.78 is 5.74. The van der Waals surface area contributed by atoms with Crippen LogP contribution in [0.25, 0.3) is 0 Å². The molecule has 2 fully saturated rings. The van der Waals surface area contributed by atoms with E-state index in [1.54, 1.807) is 0 Å². The molecule has 0 bridgehead atoms. The summed E-state index contributed by atoms with van der Waals surface area (Å²) in [6, 6.07) is 0. The van der Waals surface area contributed by atoms with Crippen molar-refractivity contribution in [1.29, 1.82) is 0 Å². The van der Waals surface area contributed by atoms with Gasteiger partial charge in [-0.15, -0.1) is 0 Å². The molecule has 0 aromatic rings. The summed E-state index contributed by atoms with van der Waals surface area (Å²) >= 11 is 0. The van der Waals surface area contributed by atoms with Crippen LogP contribution in [0, 0.1) is 0 Å². The fourth-order valence-electron chi connectivity index (χ4n) is 2.58. The zero-order valence-corrected chi connectivity index (χ0v) is 10.9. The average Bonchev–Trinajstić information content (AvgIpc) is 2.56. The molecular weight excluding hydrogens is 218 g/mol. The Hall–Kier alpha value is -0.650. The number of nitrogens with one attached hydrogen (secondary N) is 1. The van der Waals surface area contributed by atoms with Gasteiger partial charge in [0.25, 0.3) is 5.91 Å².